The van der Waals surface area contributed by atoms with E-state index >= 15 is 0 Å². The molecule has 100 valence electrons. The van der Waals surface area contributed by atoms with Crippen LogP contribution in [0.3, 0.4) is 0 Å². The zero-order valence-electron chi connectivity index (χ0n) is 10.8. The number of H-pyrrole nitrogens is 1. The van der Waals surface area contributed by atoms with Gasteiger partial charge in [-0.2, -0.15) is 0 Å². The predicted molar refractivity (Wildman–Crippen MR) is 85.0 cm³/mol. The van der Waals surface area contributed by atoms with Crippen molar-refractivity contribution in [3.8, 4) is 0 Å². The Hall–Kier alpha value is -2.20. The molecule has 0 fully saturated rings. The van der Waals surface area contributed by atoms with Crippen LogP contribution in [0.2, 0.25) is 0 Å². The summed E-state index contributed by atoms with van der Waals surface area (Å²) in [5, 5.41) is 1.06. The minimum absolute atomic E-state index is 0.0216. The SMILES string of the molecule is Nc1ccc(SCc2cc3ccccc3[nH]c2=O)cc1. The Morgan fingerprint density at radius 1 is 1.05 bits per heavy atom. The van der Waals surface area contributed by atoms with Crippen LogP contribution in [0.1, 0.15) is 5.56 Å². The molecule has 0 aliphatic rings. The summed E-state index contributed by atoms with van der Waals surface area (Å²) in [5.74, 6) is 0.643. The van der Waals surface area contributed by atoms with Gasteiger partial charge in [0.05, 0.1) is 0 Å². The van der Waals surface area contributed by atoms with Gasteiger partial charge in [-0.3, -0.25) is 4.79 Å². The number of hydrogen-bond donors (Lipinski definition) is 2. The monoisotopic (exact) mass is 282 g/mol. The van der Waals surface area contributed by atoms with Gasteiger partial charge >= 0.3 is 0 Å². The number of rotatable bonds is 3. The summed E-state index contributed by atoms with van der Waals surface area (Å²) in [7, 11) is 0. The van der Waals surface area contributed by atoms with Crippen molar-refractivity contribution in [2.75, 3.05) is 5.73 Å². The maximum absolute atomic E-state index is 12.0. The fourth-order valence-corrected chi connectivity index (χ4v) is 2.89. The molecule has 1 heterocycles. The Bertz CT molecular complexity index is 793. The van der Waals surface area contributed by atoms with E-state index < -0.39 is 0 Å². The number of nitrogens with two attached hydrogens (primary N) is 1. The fourth-order valence-electron chi connectivity index (χ4n) is 2.02. The average molecular weight is 282 g/mol. The quantitative estimate of drug-likeness (QED) is 0.572. The summed E-state index contributed by atoms with van der Waals surface area (Å²) < 4.78 is 0. The highest BCUT2D eigenvalue weighted by molar-refractivity contribution is 7.98. The Labute approximate surface area is 120 Å². The summed E-state index contributed by atoms with van der Waals surface area (Å²) >= 11 is 1.63. The molecule has 3 N–H and O–H groups in total. The minimum atomic E-state index is -0.0216. The van der Waals surface area contributed by atoms with Crippen LogP contribution >= 0.6 is 11.8 Å². The number of aromatic amines is 1. The van der Waals surface area contributed by atoms with Crippen molar-refractivity contribution in [3.05, 3.63) is 70.5 Å². The van der Waals surface area contributed by atoms with Crippen LogP contribution in [0, 0.1) is 0 Å². The molecule has 0 aliphatic heterocycles. The van der Waals surface area contributed by atoms with Crippen LogP contribution in [0.15, 0.2) is 64.3 Å². The molecule has 3 aromatic rings. The number of para-hydroxylation sites is 1. The number of anilines is 1. The summed E-state index contributed by atoms with van der Waals surface area (Å²) in [4.78, 5) is 16.0. The number of thioether (sulfide) groups is 1. The van der Waals surface area contributed by atoms with Gasteiger partial charge in [0.15, 0.2) is 0 Å². The molecule has 20 heavy (non-hydrogen) atoms. The summed E-state index contributed by atoms with van der Waals surface area (Å²) in [5.41, 5.74) is 8.04. The predicted octanol–water partition coefficient (Wildman–Crippen LogP) is 3.40. The highest BCUT2D eigenvalue weighted by Crippen LogP contribution is 2.23. The van der Waals surface area contributed by atoms with Gasteiger partial charge in [-0.1, -0.05) is 18.2 Å². The summed E-state index contributed by atoms with van der Waals surface area (Å²) in [6.07, 6.45) is 0. The second kappa shape index (κ2) is 5.43. The average Bonchev–Trinajstić information content (AvgIpc) is 2.47. The molecule has 3 nitrogen and oxygen atoms in total. The van der Waals surface area contributed by atoms with E-state index in [1.165, 1.54) is 0 Å². The van der Waals surface area contributed by atoms with Crippen LogP contribution < -0.4 is 11.3 Å². The summed E-state index contributed by atoms with van der Waals surface area (Å²) in [6, 6.07) is 17.4. The molecule has 0 amide bonds. The van der Waals surface area contributed by atoms with E-state index in [1.54, 1.807) is 11.8 Å². The van der Waals surface area contributed by atoms with Gasteiger partial charge in [0.1, 0.15) is 0 Å². The highest BCUT2D eigenvalue weighted by Gasteiger charge is 2.03. The molecule has 0 atom stereocenters. The van der Waals surface area contributed by atoms with Crippen molar-refractivity contribution in [3.63, 3.8) is 0 Å². The van der Waals surface area contributed by atoms with Gasteiger partial charge in [-0.05, 0) is 41.8 Å². The van der Waals surface area contributed by atoms with Crippen molar-refractivity contribution in [1.82, 2.24) is 4.98 Å². The van der Waals surface area contributed by atoms with Crippen LogP contribution in [-0.4, -0.2) is 4.98 Å². The van der Waals surface area contributed by atoms with Crippen molar-refractivity contribution in [2.24, 2.45) is 0 Å². The molecule has 0 saturated carbocycles. The van der Waals surface area contributed by atoms with Gasteiger partial charge in [-0.15, -0.1) is 11.8 Å². The molecular formula is C16H14N2OS. The molecule has 2 aromatic carbocycles. The van der Waals surface area contributed by atoms with Crippen LogP contribution in [-0.2, 0) is 5.75 Å². The van der Waals surface area contributed by atoms with Gasteiger partial charge < -0.3 is 10.7 Å². The van der Waals surface area contributed by atoms with Gasteiger partial charge in [0.25, 0.3) is 5.56 Å². The number of fused-ring (bicyclic) bond motifs is 1. The zero-order chi connectivity index (χ0) is 13.9. The first-order valence-electron chi connectivity index (χ1n) is 6.32. The molecular weight excluding hydrogens is 268 g/mol. The molecule has 0 bridgehead atoms. The second-order valence-electron chi connectivity index (χ2n) is 4.57. The molecule has 0 spiro atoms. The lowest BCUT2D eigenvalue weighted by atomic mass is 10.2. The summed E-state index contributed by atoms with van der Waals surface area (Å²) in [6.45, 7) is 0. The third kappa shape index (κ3) is 2.70. The van der Waals surface area contributed by atoms with E-state index in [9.17, 15) is 4.79 Å². The van der Waals surface area contributed by atoms with Crippen molar-refractivity contribution < 1.29 is 0 Å². The number of nitrogens with one attached hydrogen (secondary N) is 1. The van der Waals surface area contributed by atoms with E-state index in [2.05, 4.69) is 4.98 Å². The van der Waals surface area contributed by atoms with E-state index in [0.29, 0.717) is 5.75 Å². The van der Waals surface area contributed by atoms with E-state index in [1.807, 2.05) is 54.6 Å². The molecule has 1 aromatic heterocycles. The Kier molecular flexibility index (Phi) is 3.48. The molecule has 0 aliphatic carbocycles. The smallest absolute Gasteiger partial charge is 0.252 e. The molecule has 3 rings (SSSR count). The first-order chi connectivity index (χ1) is 9.72. The van der Waals surface area contributed by atoms with Crippen LogP contribution in [0.25, 0.3) is 10.9 Å². The lowest BCUT2D eigenvalue weighted by Crippen LogP contribution is -2.11. The van der Waals surface area contributed by atoms with E-state index in [-0.39, 0.29) is 5.56 Å². The number of aromatic nitrogens is 1. The third-order valence-corrected chi connectivity index (χ3v) is 4.17. The normalized spacial score (nSPS) is 10.8. The maximum Gasteiger partial charge on any atom is 0.252 e. The Balaban J connectivity index is 1.85. The lowest BCUT2D eigenvalue weighted by molar-refractivity contribution is 1.21. The molecule has 0 unspecified atom stereocenters. The standard InChI is InChI=1S/C16H14N2OS/c17-13-5-7-14(8-6-13)20-10-12-9-11-3-1-2-4-15(11)18-16(12)19/h1-9H,10,17H2,(H,18,19). The number of benzene rings is 2. The van der Waals surface area contributed by atoms with Crippen LogP contribution in [0.5, 0.6) is 0 Å². The van der Waals surface area contributed by atoms with E-state index in [0.717, 1.165) is 27.0 Å². The maximum atomic E-state index is 12.0. The molecule has 4 heteroatoms. The second-order valence-corrected chi connectivity index (χ2v) is 5.62. The first kappa shape index (κ1) is 12.8. The molecule has 0 radical (unpaired) electrons. The Morgan fingerprint density at radius 3 is 2.60 bits per heavy atom. The number of nitrogen functional groups attached to an aromatic ring is 1. The van der Waals surface area contributed by atoms with E-state index in [4.69, 9.17) is 5.73 Å². The first-order valence-corrected chi connectivity index (χ1v) is 7.30. The highest BCUT2D eigenvalue weighted by atomic mass is 32.2. The fraction of sp³-hybridized carbons (Fsp3) is 0.0625. The van der Waals surface area contributed by atoms with Crippen LogP contribution in [0.4, 0.5) is 5.69 Å². The molecule has 0 saturated heterocycles. The largest absolute Gasteiger partial charge is 0.399 e. The van der Waals surface area contributed by atoms with Gasteiger partial charge in [0.2, 0.25) is 0 Å². The topological polar surface area (TPSA) is 58.9 Å². The van der Waals surface area contributed by atoms with Crippen molar-refractivity contribution in [1.29, 1.82) is 0 Å². The minimum Gasteiger partial charge on any atom is -0.399 e. The number of hydrogen-bond acceptors (Lipinski definition) is 3. The zero-order valence-corrected chi connectivity index (χ0v) is 11.6. The number of pyridine rings is 1. The van der Waals surface area contributed by atoms with Gasteiger partial charge in [0, 0.05) is 27.4 Å². The Morgan fingerprint density at radius 2 is 1.80 bits per heavy atom. The van der Waals surface area contributed by atoms with Crippen molar-refractivity contribution in [2.45, 2.75) is 10.6 Å². The van der Waals surface area contributed by atoms with Gasteiger partial charge in [-0.25, -0.2) is 0 Å². The van der Waals surface area contributed by atoms with Crippen molar-refractivity contribution >= 4 is 28.4 Å². The lowest BCUT2D eigenvalue weighted by Gasteiger charge is -2.04. The third-order valence-electron chi connectivity index (χ3n) is 3.10.